The van der Waals surface area contributed by atoms with Gasteiger partial charge in [-0.15, -0.1) is 0 Å². The molecule has 4 N–H and O–H groups in total. The Morgan fingerprint density at radius 3 is 2.38 bits per heavy atom. The number of carbonyl (C=O) groups excluding carboxylic acids is 1. The maximum absolute atomic E-state index is 11.9. The minimum Gasteiger partial charge on any atom is -0.480 e. The van der Waals surface area contributed by atoms with Gasteiger partial charge in [0.1, 0.15) is 6.04 Å². The van der Waals surface area contributed by atoms with Crippen LogP contribution < -0.4 is 11.1 Å². The highest BCUT2D eigenvalue weighted by Gasteiger charge is 2.36. The summed E-state index contributed by atoms with van der Waals surface area (Å²) in [5, 5.41) is 11.4. The highest BCUT2D eigenvalue weighted by atomic mass is 16.4. The lowest BCUT2D eigenvalue weighted by Gasteiger charge is -2.32. The van der Waals surface area contributed by atoms with E-state index in [2.05, 4.69) is 5.32 Å². The van der Waals surface area contributed by atoms with E-state index in [1.54, 1.807) is 6.92 Å². The average Bonchev–Trinajstić information content (AvgIpc) is 2.26. The molecule has 16 heavy (non-hydrogen) atoms. The van der Waals surface area contributed by atoms with Crippen molar-refractivity contribution >= 4 is 11.9 Å². The van der Waals surface area contributed by atoms with Crippen LogP contribution in [0.3, 0.4) is 0 Å². The third-order valence-corrected chi connectivity index (χ3v) is 3.21. The van der Waals surface area contributed by atoms with Gasteiger partial charge in [-0.1, -0.05) is 26.2 Å². The molecule has 1 fully saturated rings. The fourth-order valence-corrected chi connectivity index (χ4v) is 2.05. The molecule has 0 radical (unpaired) electrons. The van der Waals surface area contributed by atoms with Gasteiger partial charge < -0.3 is 16.2 Å². The fourth-order valence-electron chi connectivity index (χ4n) is 2.05. The third-order valence-electron chi connectivity index (χ3n) is 3.21. The lowest BCUT2D eigenvalue weighted by molar-refractivity contribution is -0.143. The van der Waals surface area contributed by atoms with Gasteiger partial charge in [-0.3, -0.25) is 4.79 Å². The Balaban J connectivity index is 2.59. The maximum atomic E-state index is 11.9. The Morgan fingerprint density at radius 1 is 1.38 bits per heavy atom. The molecule has 1 aliphatic rings. The quantitative estimate of drug-likeness (QED) is 0.658. The zero-order chi connectivity index (χ0) is 12.2. The Kier molecular flexibility index (Phi) is 4.29. The number of hydrogen-bond acceptors (Lipinski definition) is 3. The number of hydrogen-bond donors (Lipinski definition) is 3. The summed E-state index contributed by atoms with van der Waals surface area (Å²) in [5.74, 6) is -1.32. The Bertz CT molecular complexity index is 272. The normalized spacial score (nSPS) is 21.1. The number of nitrogens with two attached hydrogens (primary N) is 1. The molecule has 0 unspecified atom stereocenters. The Morgan fingerprint density at radius 2 is 1.94 bits per heavy atom. The van der Waals surface area contributed by atoms with Gasteiger partial charge in [0.2, 0.25) is 5.91 Å². The standard InChI is InChI=1S/C11H20N2O3/c1-2-8(9(14)15)13-10(16)11(12)6-4-3-5-7-11/h8H,2-7,12H2,1H3,(H,13,16)(H,14,15)/t8-/m0/s1. The van der Waals surface area contributed by atoms with Gasteiger partial charge in [0.15, 0.2) is 0 Å². The summed E-state index contributed by atoms with van der Waals surface area (Å²) in [4.78, 5) is 22.7. The first kappa shape index (κ1) is 13.0. The molecule has 0 aliphatic heterocycles. The van der Waals surface area contributed by atoms with Crippen LogP contribution in [-0.2, 0) is 9.59 Å². The number of carbonyl (C=O) groups is 2. The smallest absolute Gasteiger partial charge is 0.326 e. The first-order chi connectivity index (χ1) is 7.49. The minimum atomic E-state index is -1.00. The van der Waals surface area contributed by atoms with E-state index in [0.29, 0.717) is 19.3 Å². The van der Waals surface area contributed by atoms with E-state index in [1.165, 1.54) is 0 Å². The molecular weight excluding hydrogens is 208 g/mol. The molecule has 0 aromatic carbocycles. The number of aliphatic carboxylic acids is 1. The number of nitrogens with one attached hydrogen (secondary N) is 1. The van der Waals surface area contributed by atoms with E-state index in [4.69, 9.17) is 10.8 Å². The zero-order valence-corrected chi connectivity index (χ0v) is 9.66. The van der Waals surface area contributed by atoms with Gasteiger partial charge in [-0.2, -0.15) is 0 Å². The van der Waals surface area contributed by atoms with Crippen LogP contribution in [0.1, 0.15) is 45.4 Å². The molecule has 0 saturated heterocycles. The molecule has 0 bridgehead atoms. The number of rotatable bonds is 4. The van der Waals surface area contributed by atoms with Gasteiger partial charge in [-0.05, 0) is 19.3 Å². The monoisotopic (exact) mass is 228 g/mol. The van der Waals surface area contributed by atoms with Crippen molar-refractivity contribution < 1.29 is 14.7 Å². The summed E-state index contributed by atoms with van der Waals surface area (Å²) in [6.45, 7) is 1.73. The van der Waals surface area contributed by atoms with Crippen molar-refractivity contribution in [1.29, 1.82) is 0 Å². The van der Waals surface area contributed by atoms with Crippen molar-refractivity contribution in [3.05, 3.63) is 0 Å². The minimum absolute atomic E-state index is 0.318. The number of amides is 1. The topological polar surface area (TPSA) is 92.4 Å². The lowest BCUT2D eigenvalue weighted by Crippen LogP contribution is -2.58. The number of carboxylic acid groups (broad SMARTS) is 1. The average molecular weight is 228 g/mol. The summed E-state index contributed by atoms with van der Waals surface area (Å²) >= 11 is 0. The maximum Gasteiger partial charge on any atom is 0.326 e. The second kappa shape index (κ2) is 5.30. The van der Waals surface area contributed by atoms with Gasteiger partial charge >= 0.3 is 5.97 Å². The van der Waals surface area contributed by atoms with E-state index in [1.807, 2.05) is 0 Å². The van der Waals surface area contributed by atoms with Crippen LogP contribution in [0.2, 0.25) is 0 Å². The lowest BCUT2D eigenvalue weighted by atomic mass is 9.81. The largest absolute Gasteiger partial charge is 0.480 e. The van der Waals surface area contributed by atoms with E-state index >= 15 is 0 Å². The van der Waals surface area contributed by atoms with Crippen LogP contribution in [0, 0.1) is 0 Å². The van der Waals surface area contributed by atoms with Crippen LogP contribution in [0.5, 0.6) is 0 Å². The Hall–Kier alpha value is -1.10. The molecule has 1 atom stereocenters. The summed E-state index contributed by atoms with van der Waals surface area (Å²) in [5.41, 5.74) is 5.14. The highest BCUT2D eigenvalue weighted by Crippen LogP contribution is 2.26. The van der Waals surface area contributed by atoms with Crippen molar-refractivity contribution in [1.82, 2.24) is 5.32 Å². The van der Waals surface area contributed by atoms with E-state index in [0.717, 1.165) is 19.3 Å². The molecule has 0 heterocycles. The molecular formula is C11H20N2O3. The van der Waals surface area contributed by atoms with Crippen molar-refractivity contribution in [2.45, 2.75) is 57.0 Å². The highest BCUT2D eigenvalue weighted by molar-refractivity contribution is 5.90. The van der Waals surface area contributed by atoms with Crippen molar-refractivity contribution in [3.63, 3.8) is 0 Å². The number of carboxylic acids is 1. The van der Waals surface area contributed by atoms with Crippen LogP contribution in [-0.4, -0.2) is 28.6 Å². The molecule has 1 amide bonds. The van der Waals surface area contributed by atoms with Crippen molar-refractivity contribution in [3.8, 4) is 0 Å². The third kappa shape index (κ3) is 2.95. The molecule has 1 rings (SSSR count). The predicted octanol–water partition coefficient (Wildman–Crippen LogP) is 0.627. The van der Waals surface area contributed by atoms with E-state index in [-0.39, 0.29) is 5.91 Å². The molecule has 92 valence electrons. The SMILES string of the molecule is CC[C@H](NC(=O)C1(N)CCCCC1)C(=O)O. The van der Waals surface area contributed by atoms with Gasteiger partial charge in [0.05, 0.1) is 5.54 Å². The molecule has 5 nitrogen and oxygen atoms in total. The second-order valence-corrected chi connectivity index (χ2v) is 4.49. The Labute approximate surface area is 95.4 Å². The first-order valence-electron chi connectivity index (χ1n) is 5.82. The summed E-state index contributed by atoms with van der Waals surface area (Å²) in [7, 11) is 0. The van der Waals surface area contributed by atoms with Gasteiger partial charge in [0.25, 0.3) is 0 Å². The zero-order valence-electron chi connectivity index (χ0n) is 9.66. The van der Waals surface area contributed by atoms with Crippen molar-refractivity contribution in [2.24, 2.45) is 5.73 Å². The van der Waals surface area contributed by atoms with Crippen LogP contribution >= 0.6 is 0 Å². The molecule has 1 aliphatic carbocycles. The molecule has 0 aromatic rings. The predicted molar refractivity (Wildman–Crippen MR) is 59.9 cm³/mol. The molecule has 0 aromatic heterocycles. The van der Waals surface area contributed by atoms with E-state index < -0.39 is 17.6 Å². The van der Waals surface area contributed by atoms with E-state index in [9.17, 15) is 9.59 Å². The van der Waals surface area contributed by atoms with Crippen LogP contribution in [0.4, 0.5) is 0 Å². The van der Waals surface area contributed by atoms with Gasteiger partial charge in [0, 0.05) is 0 Å². The molecule has 5 heteroatoms. The van der Waals surface area contributed by atoms with Crippen LogP contribution in [0.15, 0.2) is 0 Å². The summed E-state index contributed by atoms with van der Waals surface area (Å²) in [6.07, 6.45) is 4.64. The van der Waals surface area contributed by atoms with Crippen LogP contribution in [0.25, 0.3) is 0 Å². The van der Waals surface area contributed by atoms with Gasteiger partial charge in [-0.25, -0.2) is 4.79 Å². The first-order valence-corrected chi connectivity index (χ1v) is 5.82. The van der Waals surface area contributed by atoms with Crippen molar-refractivity contribution in [2.75, 3.05) is 0 Å². The second-order valence-electron chi connectivity index (χ2n) is 4.49. The summed E-state index contributed by atoms with van der Waals surface area (Å²) < 4.78 is 0. The molecule has 1 saturated carbocycles. The summed E-state index contributed by atoms with van der Waals surface area (Å²) in [6, 6.07) is -0.824. The molecule has 0 spiro atoms. The fraction of sp³-hybridized carbons (Fsp3) is 0.818.